The zero-order valence-corrected chi connectivity index (χ0v) is 12.3. The Kier molecular flexibility index (Phi) is 2.22. The zero-order valence-electron chi connectivity index (χ0n) is 9.91. The van der Waals surface area contributed by atoms with Crippen molar-refractivity contribution >= 4 is 33.4 Å². The normalized spacial score (nSPS) is 18.5. The number of amides is 1. The minimum absolute atomic E-state index is 0.0974. The summed E-state index contributed by atoms with van der Waals surface area (Å²) in [6, 6.07) is 7.89. The van der Waals surface area contributed by atoms with Gasteiger partial charge in [0.1, 0.15) is 5.69 Å². The van der Waals surface area contributed by atoms with Gasteiger partial charge in [0.25, 0.3) is 5.91 Å². The van der Waals surface area contributed by atoms with Crippen LogP contribution < -0.4 is 5.32 Å². The third-order valence-corrected chi connectivity index (χ3v) is 4.69. The predicted molar refractivity (Wildman–Crippen MR) is 76.9 cm³/mol. The Hall–Kier alpha value is -1.26. The summed E-state index contributed by atoms with van der Waals surface area (Å²) in [4.78, 5) is 12.4. The number of nitrogens with one attached hydrogen (secondary N) is 1. The molecule has 1 fully saturated rings. The molecule has 1 N–H and O–H groups in total. The molecular formula is C14H10BrClN2O. The molecule has 0 saturated heterocycles. The lowest BCUT2D eigenvalue weighted by Gasteiger charge is -2.17. The highest BCUT2D eigenvalue weighted by Gasteiger charge is 2.49. The first-order chi connectivity index (χ1) is 9.11. The molecule has 0 atom stereocenters. The Labute approximate surface area is 123 Å². The highest BCUT2D eigenvalue weighted by molar-refractivity contribution is 9.10. The van der Waals surface area contributed by atoms with Crippen molar-refractivity contribution < 1.29 is 4.79 Å². The van der Waals surface area contributed by atoms with Crippen molar-refractivity contribution in [3.05, 3.63) is 51.2 Å². The summed E-state index contributed by atoms with van der Waals surface area (Å²) in [6.07, 6.45) is 3.82. The molecule has 96 valence electrons. The van der Waals surface area contributed by atoms with Crippen LogP contribution in [0.2, 0.25) is 5.02 Å². The maximum atomic E-state index is 12.4. The van der Waals surface area contributed by atoms with E-state index in [1.165, 1.54) is 0 Å². The van der Waals surface area contributed by atoms with E-state index in [1.807, 2.05) is 22.9 Å². The van der Waals surface area contributed by atoms with Gasteiger partial charge < -0.3 is 9.88 Å². The molecule has 0 unspecified atom stereocenters. The van der Waals surface area contributed by atoms with Crippen LogP contribution in [0.25, 0.3) is 5.69 Å². The van der Waals surface area contributed by atoms with Gasteiger partial charge in [-0.1, -0.05) is 33.6 Å². The van der Waals surface area contributed by atoms with Crippen LogP contribution in [0.5, 0.6) is 0 Å². The van der Waals surface area contributed by atoms with Crippen LogP contribution in [0.1, 0.15) is 28.9 Å². The second-order valence-corrected chi connectivity index (χ2v) is 6.40. The molecule has 0 radical (unpaired) electrons. The van der Waals surface area contributed by atoms with Crippen molar-refractivity contribution in [1.29, 1.82) is 0 Å². The van der Waals surface area contributed by atoms with Gasteiger partial charge in [-0.05, 0) is 31.0 Å². The lowest BCUT2D eigenvalue weighted by molar-refractivity contribution is 0.0928. The summed E-state index contributed by atoms with van der Waals surface area (Å²) in [5.41, 5.74) is 2.50. The molecule has 1 aliphatic carbocycles. The van der Waals surface area contributed by atoms with E-state index in [2.05, 4.69) is 27.3 Å². The van der Waals surface area contributed by atoms with Gasteiger partial charge in [0.05, 0.1) is 16.2 Å². The molecule has 1 spiro atoms. The molecule has 1 amide bonds. The minimum Gasteiger partial charge on any atom is -0.341 e. The van der Waals surface area contributed by atoms with Crippen molar-refractivity contribution in [2.24, 2.45) is 0 Å². The van der Waals surface area contributed by atoms with Crippen molar-refractivity contribution in [2.45, 2.75) is 18.4 Å². The lowest BCUT2D eigenvalue weighted by Crippen LogP contribution is -2.33. The Morgan fingerprint density at radius 3 is 2.84 bits per heavy atom. The van der Waals surface area contributed by atoms with E-state index >= 15 is 0 Å². The number of carbonyl (C=O) groups excluding carboxylic acids is 1. The summed E-state index contributed by atoms with van der Waals surface area (Å²) in [5.74, 6) is -0.0974. The van der Waals surface area contributed by atoms with Crippen LogP contribution in [-0.2, 0) is 5.54 Å². The van der Waals surface area contributed by atoms with Crippen molar-refractivity contribution in [2.75, 3.05) is 0 Å². The number of benzene rings is 1. The Morgan fingerprint density at radius 2 is 2.11 bits per heavy atom. The summed E-state index contributed by atoms with van der Waals surface area (Å²) >= 11 is 9.65. The third kappa shape index (κ3) is 1.53. The highest BCUT2D eigenvalue weighted by Crippen LogP contribution is 2.50. The number of rotatable bonds is 0. The molecule has 1 aromatic heterocycles. The average molecular weight is 338 g/mol. The summed E-state index contributed by atoms with van der Waals surface area (Å²) in [7, 11) is 0. The van der Waals surface area contributed by atoms with E-state index in [1.54, 1.807) is 6.07 Å². The van der Waals surface area contributed by atoms with Gasteiger partial charge in [-0.3, -0.25) is 4.79 Å². The summed E-state index contributed by atoms with van der Waals surface area (Å²) in [5, 5.41) is 3.62. The van der Waals surface area contributed by atoms with Gasteiger partial charge in [0, 0.05) is 16.2 Å². The fourth-order valence-electron chi connectivity index (χ4n) is 2.80. The largest absolute Gasteiger partial charge is 0.341 e. The Balaban J connectivity index is 2.08. The SMILES string of the molecule is O=C1NC2(CC2)c2ccc(Br)cc2-n2ccc(Cl)c21. The number of fused-ring (bicyclic) bond motifs is 4. The molecule has 4 rings (SSSR count). The van der Waals surface area contributed by atoms with E-state index in [4.69, 9.17) is 11.6 Å². The number of nitrogens with zero attached hydrogens (tertiary/aromatic N) is 1. The van der Waals surface area contributed by atoms with E-state index < -0.39 is 0 Å². The fourth-order valence-corrected chi connectivity index (χ4v) is 3.38. The predicted octanol–water partition coefficient (Wildman–Crippen LogP) is 3.63. The topological polar surface area (TPSA) is 34.0 Å². The molecular weight excluding hydrogens is 328 g/mol. The Morgan fingerprint density at radius 1 is 1.32 bits per heavy atom. The quantitative estimate of drug-likeness (QED) is 0.782. The zero-order chi connectivity index (χ0) is 13.2. The number of aromatic nitrogens is 1. The van der Waals surface area contributed by atoms with E-state index in [0.717, 1.165) is 28.6 Å². The van der Waals surface area contributed by atoms with Crippen LogP contribution in [0.3, 0.4) is 0 Å². The standard InChI is InChI=1S/C14H10BrClN2O/c15-8-1-2-9-11(7-8)18-6-3-10(16)12(18)13(19)17-14(9)4-5-14/h1-3,6-7H,4-5H2,(H,17,19). The number of hydrogen-bond donors (Lipinski definition) is 1. The monoisotopic (exact) mass is 336 g/mol. The molecule has 19 heavy (non-hydrogen) atoms. The van der Waals surface area contributed by atoms with Crippen LogP contribution in [0, 0.1) is 0 Å². The van der Waals surface area contributed by atoms with Gasteiger partial charge in [-0.2, -0.15) is 0 Å². The number of carbonyl (C=O) groups is 1. The maximum Gasteiger partial charge on any atom is 0.270 e. The van der Waals surface area contributed by atoms with Gasteiger partial charge in [0.15, 0.2) is 0 Å². The second kappa shape index (κ2) is 3.64. The molecule has 3 nitrogen and oxygen atoms in total. The van der Waals surface area contributed by atoms with Gasteiger partial charge in [-0.25, -0.2) is 0 Å². The van der Waals surface area contributed by atoms with Crippen molar-refractivity contribution in [3.8, 4) is 5.69 Å². The maximum absolute atomic E-state index is 12.4. The fraction of sp³-hybridized carbons (Fsp3) is 0.214. The molecule has 2 heterocycles. The third-order valence-electron chi connectivity index (χ3n) is 3.89. The van der Waals surface area contributed by atoms with E-state index in [-0.39, 0.29) is 11.4 Å². The van der Waals surface area contributed by atoms with E-state index in [9.17, 15) is 4.79 Å². The van der Waals surface area contributed by atoms with Crippen LogP contribution >= 0.6 is 27.5 Å². The highest BCUT2D eigenvalue weighted by atomic mass is 79.9. The van der Waals surface area contributed by atoms with Gasteiger partial charge in [0.2, 0.25) is 0 Å². The first-order valence-corrected chi connectivity index (χ1v) is 7.28. The smallest absolute Gasteiger partial charge is 0.270 e. The Bertz CT molecular complexity index is 718. The number of hydrogen-bond acceptors (Lipinski definition) is 1. The number of halogens is 2. The molecule has 2 aromatic rings. The van der Waals surface area contributed by atoms with Crippen LogP contribution in [0.4, 0.5) is 0 Å². The summed E-state index contributed by atoms with van der Waals surface area (Å²) in [6.45, 7) is 0. The first kappa shape index (κ1) is 11.6. The van der Waals surface area contributed by atoms with Crippen molar-refractivity contribution in [3.63, 3.8) is 0 Å². The lowest BCUT2D eigenvalue weighted by atomic mass is 10.0. The van der Waals surface area contributed by atoms with Gasteiger partial charge in [-0.15, -0.1) is 0 Å². The first-order valence-electron chi connectivity index (χ1n) is 6.10. The molecule has 2 aliphatic rings. The van der Waals surface area contributed by atoms with E-state index in [0.29, 0.717) is 10.7 Å². The van der Waals surface area contributed by atoms with Crippen molar-refractivity contribution in [1.82, 2.24) is 9.88 Å². The molecule has 1 aromatic carbocycles. The van der Waals surface area contributed by atoms with Crippen LogP contribution in [0.15, 0.2) is 34.9 Å². The average Bonchev–Trinajstić information content (AvgIpc) is 3.05. The molecule has 1 saturated carbocycles. The minimum atomic E-state index is -0.199. The summed E-state index contributed by atoms with van der Waals surface area (Å²) < 4.78 is 2.87. The second-order valence-electron chi connectivity index (χ2n) is 5.08. The molecule has 1 aliphatic heterocycles. The molecule has 0 bridgehead atoms. The van der Waals surface area contributed by atoms with Gasteiger partial charge >= 0.3 is 0 Å². The van der Waals surface area contributed by atoms with Crippen LogP contribution in [-0.4, -0.2) is 10.5 Å². The molecule has 5 heteroatoms.